The lowest BCUT2D eigenvalue weighted by atomic mass is 10.0. The molecular weight excluding hydrogens is 229 g/mol. The van der Waals surface area contributed by atoms with Crippen molar-refractivity contribution in [3.8, 4) is 16.9 Å². The second-order valence-electron chi connectivity index (χ2n) is 3.38. The zero-order valence-electron chi connectivity index (χ0n) is 8.71. The Labute approximate surface area is 96.5 Å². The maximum Gasteiger partial charge on any atom is 0.137 e. The van der Waals surface area contributed by atoms with Crippen LogP contribution in [-0.2, 0) is 0 Å². The normalized spacial score (nSPS) is 10.4. The Kier molecular flexibility index (Phi) is 3.04. The first kappa shape index (κ1) is 11.5. The van der Waals surface area contributed by atoms with E-state index < -0.39 is 17.5 Å². The number of benzene rings is 2. The van der Waals surface area contributed by atoms with Crippen LogP contribution in [0.5, 0.6) is 5.75 Å². The molecule has 0 aliphatic carbocycles. The van der Waals surface area contributed by atoms with E-state index in [2.05, 4.69) is 7.11 Å². The van der Waals surface area contributed by atoms with Crippen molar-refractivity contribution in [1.82, 2.24) is 0 Å². The zero-order valence-corrected chi connectivity index (χ0v) is 8.71. The van der Waals surface area contributed by atoms with Gasteiger partial charge in [-0.05, 0) is 6.07 Å². The molecule has 87 valence electrons. The van der Waals surface area contributed by atoms with Crippen LogP contribution in [0.3, 0.4) is 0 Å². The van der Waals surface area contributed by atoms with Crippen molar-refractivity contribution in [3.05, 3.63) is 61.0 Å². The van der Waals surface area contributed by atoms with Crippen molar-refractivity contribution < 1.29 is 17.9 Å². The van der Waals surface area contributed by atoms with Crippen molar-refractivity contribution in [1.29, 1.82) is 0 Å². The van der Waals surface area contributed by atoms with Gasteiger partial charge in [-0.15, -0.1) is 0 Å². The number of rotatable bonds is 2. The average molecular weight is 237 g/mol. The molecule has 4 heteroatoms. The van der Waals surface area contributed by atoms with Crippen LogP contribution in [0, 0.1) is 24.6 Å². The zero-order chi connectivity index (χ0) is 12.4. The molecule has 1 radical (unpaired) electrons. The molecule has 0 atom stereocenters. The monoisotopic (exact) mass is 237 g/mol. The second-order valence-corrected chi connectivity index (χ2v) is 3.38. The first-order valence-corrected chi connectivity index (χ1v) is 4.79. The molecule has 0 amide bonds. The van der Waals surface area contributed by atoms with E-state index in [1.54, 1.807) is 12.1 Å². The summed E-state index contributed by atoms with van der Waals surface area (Å²) in [5.74, 6) is -2.70. The number of hydrogen-bond acceptors (Lipinski definition) is 1. The number of halogens is 3. The van der Waals surface area contributed by atoms with Crippen LogP contribution in [0.25, 0.3) is 11.1 Å². The molecule has 0 aliphatic rings. The van der Waals surface area contributed by atoms with E-state index in [-0.39, 0.29) is 16.9 Å². The lowest BCUT2D eigenvalue weighted by molar-refractivity contribution is 0.473. The van der Waals surface area contributed by atoms with Gasteiger partial charge in [0.25, 0.3) is 0 Å². The molecule has 0 bridgehead atoms. The largest absolute Gasteiger partial charge is 0.489 e. The molecule has 0 fully saturated rings. The molecular formula is C13H8F3O. The first-order valence-electron chi connectivity index (χ1n) is 4.79. The maximum absolute atomic E-state index is 13.6. The molecule has 0 N–H and O–H groups in total. The van der Waals surface area contributed by atoms with E-state index in [0.29, 0.717) is 12.1 Å². The third-order valence-electron chi connectivity index (χ3n) is 2.32. The number of hydrogen-bond donors (Lipinski definition) is 0. The van der Waals surface area contributed by atoms with Gasteiger partial charge in [0.2, 0.25) is 0 Å². The van der Waals surface area contributed by atoms with Crippen LogP contribution >= 0.6 is 0 Å². The minimum Gasteiger partial charge on any atom is -0.489 e. The van der Waals surface area contributed by atoms with Gasteiger partial charge in [0.1, 0.15) is 30.3 Å². The summed E-state index contributed by atoms with van der Waals surface area (Å²) in [6.45, 7) is 0. The minimum atomic E-state index is -0.980. The lowest BCUT2D eigenvalue weighted by Crippen LogP contribution is -1.94. The molecule has 2 aromatic carbocycles. The molecule has 0 heterocycles. The fourth-order valence-electron chi connectivity index (χ4n) is 1.60. The second kappa shape index (κ2) is 4.49. The highest BCUT2D eigenvalue weighted by molar-refractivity contribution is 5.71. The fourth-order valence-corrected chi connectivity index (χ4v) is 1.60. The predicted octanol–water partition coefficient (Wildman–Crippen LogP) is 3.94. The summed E-state index contributed by atoms with van der Waals surface area (Å²) >= 11 is 0. The molecule has 0 unspecified atom stereocenters. The molecule has 1 nitrogen and oxygen atoms in total. The summed E-state index contributed by atoms with van der Waals surface area (Å²) in [4.78, 5) is 0. The fraction of sp³-hybridized carbons (Fsp3) is 0. The highest BCUT2D eigenvalue weighted by Crippen LogP contribution is 2.33. The topological polar surface area (TPSA) is 9.23 Å². The Balaban J connectivity index is 2.68. The molecule has 17 heavy (non-hydrogen) atoms. The molecule has 2 rings (SSSR count). The van der Waals surface area contributed by atoms with Crippen molar-refractivity contribution in [3.63, 3.8) is 0 Å². The van der Waals surface area contributed by atoms with Gasteiger partial charge < -0.3 is 4.74 Å². The van der Waals surface area contributed by atoms with Gasteiger partial charge in [0, 0.05) is 17.7 Å². The summed E-state index contributed by atoms with van der Waals surface area (Å²) in [5.41, 5.74) is -0.136. The molecule has 0 aromatic heterocycles. The minimum absolute atomic E-state index is 0.192. The number of para-hydroxylation sites is 1. The molecule has 0 saturated heterocycles. The maximum atomic E-state index is 13.6. The molecule has 0 aliphatic heterocycles. The van der Waals surface area contributed by atoms with Gasteiger partial charge in [0.15, 0.2) is 0 Å². The van der Waals surface area contributed by atoms with Crippen LogP contribution in [0.2, 0.25) is 0 Å². The average Bonchev–Trinajstić information content (AvgIpc) is 2.28. The van der Waals surface area contributed by atoms with Crippen molar-refractivity contribution in [2.45, 2.75) is 0 Å². The van der Waals surface area contributed by atoms with Crippen molar-refractivity contribution in [2.75, 3.05) is 0 Å². The van der Waals surface area contributed by atoms with Gasteiger partial charge in [-0.25, -0.2) is 13.2 Å². The van der Waals surface area contributed by atoms with Gasteiger partial charge >= 0.3 is 0 Å². The van der Waals surface area contributed by atoms with Gasteiger partial charge in [0.05, 0.1) is 5.56 Å². The third kappa shape index (κ3) is 2.11. The quantitative estimate of drug-likeness (QED) is 0.768. The van der Waals surface area contributed by atoms with Gasteiger partial charge in [-0.3, -0.25) is 0 Å². The van der Waals surface area contributed by atoms with Gasteiger partial charge in [-0.1, -0.05) is 18.2 Å². The number of ether oxygens (including phenoxy) is 1. The van der Waals surface area contributed by atoms with E-state index in [0.717, 1.165) is 0 Å². The molecule has 2 aromatic rings. The summed E-state index contributed by atoms with van der Waals surface area (Å²) in [6.07, 6.45) is 0. The van der Waals surface area contributed by atoms with E-state index in [1.165, 1.54) is 12.1 Å². The smallest absolute Gasteiger partial charge is 0.137 e. The van der Waals surface area contributed by atoms with E-state index in [1.807, 2.05) is 0 Å². The Morgan fingerprint density at radius 2 is 1.53 bits per heavy atom. The van der Waals surface area contributed by atoms with E-state index in [9.17, 15) is 13.2 Å². The predicted molar refractivity (Wildman–Crippen MR) is 57.7 cm³/mol. The molecule has 0 saturated carbocycles. The third-order valence-corrected chi connectivity index (χ3v) is 2.32. The summed E-state index contributed by atoms with van der Waals surface area (Å²) in [6, 6.07) is 7.48. The Hall–Kier alpha value is -1.97. The SMILES string of the molecule is [CH2]Oc1ccccc1-c1c(F)cc(F)cc1F. The van der Waals surface area contributed by atoms with Crippen LogP contribution in [0.1, 0.15) is 0 Å². The van der Waals surface area contributed by atoms with Crippen LogP contribution in [-0.4, -0.2) is 0 Å². The van der Waals surface area contributed by atoms with Crippen LogP contribution < -0.4 is 4.74 Å². The lowest BCUT2D eigenvalue weighted by Gasteiger charge is -2.10. The van der Waals surface area contributed by atoms with E-state index in [4.69, 9.17) is 4.74 Å². The van der Waals surface area contributed by atoms with Crippen LogP contribution in [0.4, 0.5) is 13.2 Å². The van der Waals surface area contributed by atoms with Crippen molar-refractivity contribution in [2.24, 2.45) is 0 Å². The van der Waals surface area contributed by atoms with Crippen LogP contribution in [0.15, 0.2) is 36.4 Å². The van der Waals surface area contributed by atoms with Crippen molar-refractivity contribution >= 4 is 0 Å². The summed E-state index contributed by atoms with van der Waals surface area (Å²) in [5, 5.41) is 0. The molecule has 0 spiro atoms. The summed E-state index contributed by atoms with van der Waals surface area (Å²) < 4.78 is 44.7. The highest BCUT2D eigenvalue weighted by Gasteiger charge is 2.16. The standard InChI is InChI=1S/C13H8F3O/c1-17-12-5-3-2-4-9(12)13-10(15)6-8(14)7-11(13)16/h2-7H,1H2. The highest BCUT2D eigenvalue weighted by atomic mass is 19.1. The summed E-state index contributed by atoms with van der Waals surface area (Å²) in [7, 11) is 3.20. The van der Waals surface area contributed by atoms with E-state index >= 15 is 0 Å². The van der Waals surface area contributed by atoms with Gasteiger partial charge in [-0.2, -0.15) is 0 Å². The Bertz CT molecular complexity index is 529. The Morgan fingerprint density at radius 1 is 0.941 bits per heavy atom. The first-order chi connectivity index (χ1) is 8.13. The Morgan fingerprint density at radius 3 is 2.12 bits per heavy atom.